The zero-order chi connectivity index (χ0) is 22.6. The molecule has 1 aromatic heterocycles. The molecule has 0 atom stereocenters. The monoisotopic (exact) mass is 446 g/mol. The number of aromatic nitrogens is 4. The predicted molar refractivity (Wildman–Crippen MR) is 111 cm³/mol. The molecule has 0 unspecified atom stereocenters. The van der Waals surface area contributed by atoms with Crippen LogP contribution in [0.1, 0.15) is 11.4 Å². The van der Waals surface area contributed by atoms with E-state index < -0.39 is 21.7 Å². The fraction of sp³-hybridized carbons (Fsp3) is 0.158. The number of tetrazole rings is 1. The minimum Gasteiger partial charge on any atom is -0.495 e. The first-order chi connectivity index (χ1) is 14.7. The van der Waals surface area contributed by atoms with Crippen LogP contribution in [0.4, 0.5) is 10.1 Å². The highest BCUT2D eigenvalue weighted by Crippen LogP contribution is 2.25. The Morgan fingerprint density at radius 2 is 2.00 bits per heavy atom. The largest absolute Gasteiger partial charge is 0.495 e. The number of nitrogens with zero attached hydrogens (tertiary/aromatic N) is 4. The minimum atomic E-state index is -3.75. The van der Waals surface area contributed by atoms with Crippen LogP contribution in [0.15, 0.2) is 47.4 Å². The van der Waals surface area contributed by atoms with Crippen LogP contribution >= 0.6 is 0 Å². The highest BCUT2D eigenvalue weighted by Gasteiger charge is 2.17. The van der Waals surface area contributed by atoms with Crippen LogP contribution < -0.4 is 14.8 Å². The Kier molecular flexibility index (Phi) is 6.42. The Morgan fingerprint density at radius 1 is 1.23 bits per heavy atom. The van der Waals surface area contributed by atoms with Gasteiger partial charge in [0.15, 0.2) is 5.82 Å². The number of sulfonamides is 1. The number of rotatable bonds is 7. The van der Waals surface area contributed by atoms with E-state index >= 15 is 0 Å². The summed E-state index contributed by atoms with van der Waals surface area (Å²) < 4.78 is 47.0. The van der Waals surface area contributed by atoms with E-state index in [1.54, 1.807) is 13.0 Å². The van der Waals surface area contributed by atoms with Crippen molar-refractivity contribution in [3.63, 3.8) is 0 Å². The van der Waals surface area contributed by atoms with E-state index in [4.69, 9.17) is 4.74 Å². The van der Waals surface area contributed by atoms with Crippen molar-refractivity contribution < 1.29 is 22.3 Å². The number of ether oxygens (including phenoxy) is 1. The van der Waals surface area contributed by atoms with Gasteiger partial charge >= 0.3 is 0 Å². The molecule has 1 heterocycles. The van der Waals surface area contributed by atoms with Crippen LogP contribution in [0.2, 0.25) is 0 Å². The van der Waals surface area contributed by atoms with E-state index in [1.807, 2.05) is 0 Å². The molecule has 2 aromatic carbocycles. The summed E-state index contributed by atoms with van der Waals surface area (Å²) in [6, 6.07) is 8.46. The molecular weight excluding hydrogens is 427 g/mol. The van der Waals surface area contributed by atoms with Gasteiger partial charge in [0.25, 0.3) is 0 Å². The van der Waals surface area contributed by atoms with Crippen LogP contribution in [0.3, 0.4) is 0 Å². The van der Waals surface area contributed by atoms with Crippen molar-refractivity contribution in [3.8, 4) is 11.4 Å². The summed E-state index contributed by atoms with van der Waals surface area (Å²) in [6.45, 7) is 1.62. The van der Waals surface area contributed by atoms with Crippen LogP contribution in [0, 0.1) is 12.7 Å². The first-order valence-corrected chi connectivity index (χ1v) is 10.4. The molecule has 0 saturated heterocycles. The number of methoxy groups -OCH3 is 1. The van der Waals surface area contributed by atoms with Gasteiger partial charge in [0, 0.05) is 11.8 Å². The Labute approximate surface area is 177 Å². The fourth-order valence-electron chi connectivity index (χ4n) is 2.68. The van der Waals surface area contributed by atoms with Gasteiger partial charge in [-0.15, -0.1) is 5.10 Å². The number of carbonyl (C=O) groups excluding carboxylic acids is 1. The van der Waals surface area contributed by atoms with Crippen molar-refractivity contribution in [2.24, 2.45) is 0 Å². The maximum absolute atomic E-state index is 14.1. The third-order valence-electron chi connectivity index (χ3n) is 4.24. The third-order valence-corrected chi connectivity index (χ3v) is 5.68. The molecule has 0 fully saturated rings. The summed E-state index contributed by atoms with van der Waals surface area (Å²) in [4.78, 5) is 12.2. The average Bonchev–Trinajstić information content (AvgIpc) is 3.19. The van der Waals surface area contributed by atoms with Gasteiger partial charge in [-0.2, -0.15) is 4.68 Å². The molecule has 31 heavy (non-hydrogen) atoms. The molecule has 0 spiro atoms. The number of aryl methyl sites for hydroxylation is 1. The van der Waals surface area contributed by atoms with E-state index in [0.717, 1.165) is 0 Å². The lowest BCUT2D eigenvalue weighted by Crippen LogP contribution is -2.19. The van der Waals surface area contributed by atoms with Gasteiger partial charge < -0.3 is 10.1 Å². The molecule has 0 aliphatic carbocycles. The molecule has 0 aliphatic heterocycles. The van der Waals surface area contributed by atoms with Crippen molar-refractivity contribution in [2.75, 3.05) is 19.5 Å². The van der Waals surface area contributed by atoms with E-state index in [1.165, 1.54) is 61.3 Å². The molecule has 10 nitrogen and oxygen atoms in total. The second-order valence-corrected chi connectivity index (χ2v) is 8.10. The average molecular weight is 446 g/mol. The predicted octanol–water partition coefficient (Wildman–Crippen LogP) is 1.68. The van der Waals surface area contributed by atoms with Crippen molar-refractivity contribution in [2.45, 2.75) is 11.8 Å². The molecule has 1 amide bonds. The van der Waals surface area contributed by atoms with Crippen molar-refractivity contribution in [1.82, 2.24) is 24.9 Å². The molecule has 0 saturated carbocycles. The van der Waals surface area contributed by atoms with Crippen molar-refractivity contribution in [1.29, 1.82) is 0 Å². The highest BCUT2D eigenvalue weighted by atomic mass is 32.2. The first kappa shape index (κ1) is 22.1. The van der Waals surface area contributed by atoms with Gasteiger partial charge in [0.2, 0.25) is 15.9 Å². The molecule has 3 aromatic rings. The molecular formula is C19H19FN6O4S. The minimum absolute atomic E-state index is 0.0555. The fourth-order valence-corrected chi connectivity index (χ4v) is 3.61. The Balaban J connectivity index is 1.80. The smallest absolute Gasteiger partial charge is 0.248 e. The zero-order valence-corrected chi connectivity index (χ0v) is 17.6. The molecule has 0 aliphatic rings. The lowest BCUT2D eigenvalue weighted by Gasteiger charge is -2.09. The van der Waals surface area contributed by atoms with E-state index in [9.17, 15) is 17.6 Å². The Hall–Kier alpha value is -3.64. The van der Waals surface area contributed by atoms with Gasteiger partial charge in [0.05, 0.1) is 7.11 Å². The standard InChI is InChI=1S/C19H19FN6O4S/c1-12-23-24-25-26(12)16-11-14(6-7-15(16)20)22-19(27)9-5-13-4-8-17(30-3)18(10-13)31(28,29)21-2/h4-11,21H,1-3H3,(H,22,27)/b9-5+. The van der Waals surface area contributed by atoms with Gasteiger partial charge in [-0.3, -0.25) is 4.79 Å². The van der Waals surface area contributed by atoms with Crippen LogP contribution in [0.5, 0.6) is 5.75 Å². The summed E-state index contributed by atoms with van der Waals surface area (Å²) in [6.07, 6.45) is 2.67. The van der Waals surface area contributed by atoms with Gasteiger partial charge in [0.1, 0.15) is 22.1 Å². The SMILES string of the molecule is CNS(=O)(=O)c1cc(/C=C/C(=O)Nc2ccc(F)c(-n3nnnc3C)c2)ccc1OC. The van der Waals surface area contributed by atoms with E-state index in [0.29, 0.717) is 17.1 Å². The molecule has 12 heteroatoms. The lowest BCUT2D eigenvalue weighted by atomic mass is 10.2. The van der Waals surface area contributed by atoms with Crippen LogP contribution in [-0.2, 0) is 14.8 Å². The first-order valence-electron chi connectivity index (χ1n) is 8.90. The number of benzene rings is 2. The lowest BCUT2D eigenvalue weighted by molar-refractivity contribution is -0.111. The van der Waals surface area contributed by atoms with E-state index in [-0.39, 0.29) is 16.3 Å². The van der Waals surface area contributed by atoms with Crippen LogP contribution in [-0.4, -0.2) is 48.7 Å². The topological polar surface area (TPSA) is 128 Å². The normalized spacial score (nSPS) is 11.6. The van der Waals surface area contributed by atoms with Crippen molar-refractivity contribution in [3.05, 3.63) is 59.7 Å². The Morgan fingerprint density at radius 3 is 2.65 bits per heavy atom. The quantitative estimate of drug-likeness (QED) is 0.529. The second-order valence-electron chi connectivity index (χ2n) is 6.24. The number of halogens is 1. The molecule has 0 bridgehead atoms. The zero-order valence-electron chi connectivity index (χ0n) is 16.8. The summed E-state index contributed by atoms with van der Waals surface area (Å²) in [5.74, 6) is -0.498. The number of nitrogens with one attached hydrogen (secondary N) is 2. The highest BCUT2D eigenvalue weighted by molar-refractivity contribution is 7.89. The molecule has 0 radical (unpaired) electrons. The third kappa shape index (κ3) is 4.92. The number of carbonyl (C=O) groups is 1. The molecule has 162 valence electrons. The summed E-state index contributed by atoms with van der Waals surface area (Å²) >= 11 is 0. The van der Waals surface area contributed by atoms with Crippen molar-refractivity contribution >= 4 is 27.7 Å². The number of hydrogen-bond acceptors (Lipinski definition) is 7. The van der Waals surface area contributed by atoms with Gasteiger partial charge in [-0.1, -0.05) is 6.07 Å². The summed E-state index contributed by atoms with van der Waals surface area (Å²) in [7, 11) is -1.10. The Bertz CT molecular complexity index is 1260. The number of amides is 1. The summed E-state index contributed by atoms with van der Waals surface area (Å²) in [5.41, 5.74) is 0.879. The molecule has 2 N–H and O–H groups in total. The number of hydrogen-bond donors (Lipinski definition) is 2. The maximum atomic E-state index is 14.1. The van der Waals surface area contributed by atoms with Crippen LogP contribution in [0.25, 0.3) is 11.8 Å². The second kappa shape index (κ2) is 9.02. The van der Waals surface area contributed by atoms with Gasteiger partial charge in [-0.05, 0) is 66.4 Å². The van der Waals surface area contributed by atoms with E-state index in [2.05, 4.69) is 25.6 Å². The number of anilines is 1. The summed E-state index contributed by atoms with van der Waals surface area (Å²) in [5, 5.41) is 13.5. The maximum Gasteiger partial charge on any atom is 0.248 e. The van der Waals surface area contributed by atoms with Gasteiger partial charge in [-0.25, -0.2) is 17.5 Å². The molecule has 3 rings (SSSR count).